The SMILES string of the molecule is Cc1ccccc1C(=O)CCCCCCl. The second-order valence-corrected chi connectivity index (χ2v) is 4.12. The van der Waals surface area contributed by atoms with E-state index < -0.39 is 0 Å². The van der Waals surface area contributed by atoms with E-state index in [1.54, 1.807) is 0 Å². The van der Waals surface area contributed by atoms with Crippen molar-refractivity contribution in [3.8, 4) is 0 Å². The highest BCUT2D eigenvalue weighted by Crippen LogP contribution is 2.12. The van der Waals surface area contributed by atoms with E-state index in [2.05, 4.69) is 0 Å². The van der Waals surface area contributed by atoms with Crippen LogP contribution in [0.25, 0.3) is 0 Å². The number of hydrogen-bond donors (Lipinski definition) is 0. The molecule has 0 saturated heterocycles. The summed E-state index contributed by atoms with van der Waals surface area (Å²) in [6.45, 7) is 1.98. The van der Waals surface area contributed by atoms with E-state index in [0.717, 1.165) is 30.4 Å². The van der Waals surface area contributed by atoms with Gasteiger partial charge in [-0.05, 0) is 25.3 Å². The van der Waals surface area contributed by atoms with E-state index in [4.69, 9.17) is 11.6 Å². The molecule has 0 spiro atoms. The van der Waals surface area contributed by atoms with Crippen molar-refractivity contribution in [1.29, 1.82) is 0 Å². The summed E-state index contributed by atoms with van der Waals surface area (Å²) >= 11 is 5.57. The van der Waals surface area contributed by atoms with Crippen LogP contribution < -0.4 is 0 Å². The Balaban J connectivity index is 2.44. The van der Waals surface area contributed by atoms with Crippen molar-refractivity contribution in [2.45, 2.75) is 32.6 Å². The monoisotopic (exact) mass is 224 g/mol. The molecule has 0 N–H and O–H groups in total. The molecule has 82 valence electrons. The van der Waals surface area contributed by atoms with E-state index in [1.165, 1.54) is 0 Å². The van der Waals surface area contributed by atoms with E-state index in [9.17, 15) is 4.79 Å². The third-order valence-electron chi connectivity index (χ3n) is 2.48. The van der Waals surface area contributed by atoms with Gasteiger partial charge in [-0.3, -0.25) is 4.79 Å². The summed E-state index contributed by atoms with van der Waals surface area (Å²) in [7, 11) is 0. The molecule has 0 amide bonds. The van der Waals surface area contributed by atoms with Gasteiger partial charge in [0.1, 0.15) is 0 Å². The molecule has 1 aromatic carbocycles. The molecular formula is C13H17ClO. The van der Waals surface area contributed by atoms with Gasteiger partial charge in [-0.15, -0.1) is 11.6 Å². The van der Waals surface area contributed by atoms with Crippen LogP contribution in [-0.4, -0.2) is 11.7 Å². The van der Waals surface area contributed by atoms with E-state index >= 15 is 0 Å². The molecule has 0 fully saturated rings. The number of ketones is 1. The molecular weight excluding hydrogens is 208 g/mol. The van der Waals surface area contributed by atoms with Crippen LogP contribution >= 0.6 is 11.6 Å². The molecule has 0 aliphatic heterocycles. The Morgan fingerprint density at radius 1 is 1.20 bits per heavy atom. The highest BCUT2D eigenvalue weighted by molar-refractivity contribution is 6.17. The lowest BCUT2D eigenvalue weighted by Crippen LogP contribution is -2.01. The third-order valence-corrected chi connectivity index (χ3v) is 2.75. The first-order chi connectivity index (χ1) is 7.25. The van der Waals surface area contributed by atoms with Crippen LogP contribution in [0.15, 0.2) is 24.3 Å². The number of hydrogen-bond acceptors (Lipinski definition) is 1. The Labute approximate surface area is 96.5 Å². The third kappa shape index (κ3) is 4.05. The molecule has 0 atom stereocenters. The van der Waals surface area contributed by atoms with Crippen LogP contribution in [0.1, 0.15) is 41.6 Å². The minimum atomic E-state index is 0.252. The predicted octanol–water partition coefficient (Wildman–Crippen LogP) is 3.98. The first-order valence-corrected chi connectivity index (χ1v) is 5.94. The molecule has 1 rings (SSSR count). The maximum Gasteiger partial charge on any atom is 0.163 e. The number of rotatable bonds is 6. The number of benzene rings is 1. The lowest BCUT2D eigenvalue weighted by atomic mass is 10.0. The quantitative estimate of drug-likeness (QED) is 0.406. The number of Topliss-reactive ketones (excluding diaryl/α,β-unsaturated/α-hetero) is 1. The normalized spacial score (nSPS) is 10.3. The van der Waals surface area contributed by atoms with Gasteiger partial charge in [0, 0.05) is 17.9 Å². The van der Waals surface area contributed by atoms with Crippen molar-refractivity contribution in [3.05, 3.63) is 35.4 Å². The first-order valence-electron chi connectivity index (χ1n) is 5.40. The van der Waals surface area contributed by atoms with Gasteiger partial charge in [0.25, 0.3) is 0 Å². The van der Waals surface area contributed by atoms with E-state index in [-0.39, 0.29) is 5.78 Å². The van der Waals surface area contributed by atoms with Crippen molar-refractivity contribution < 1.29 is 4.79 Å². The van der Waals surface area contributed by atoms with E-state index in [0.29, 0.717) is 12.3 Å². The smallest absolute Gasteiger partial charge is 0.163 e. The number of unbranched alkanes of at least 4 members (excludes halogenated alkanes) is 2. The summed E-state index contributed by atoms with van der Waals surface area (Å²) in [5, 5.41) is 0. The topological polar surface area (TPSA) is 17.1 Å². The molecule has 15 heavy (non-hydrogen) atoms. The number of halogens is 1. The highest BCUT2D eigenvalue weighted by atomic mass is 35.5. The van der Waals surface area contributed by atoms with Crippen molar-refractivity contribution in [3.63, 3.8) is 0 Å². The van der Waals surface area contributed by atoms with Gasteiger partial charge in [0.05, 0.1) is 0 Å². The lowest BCUT2D eigenvalue weighted by Gasteiger charge is -2.03. The van der Waals surface area contributed by atoms with Crippen LogP contribution in [0.2, 0.25) is 0 Å². The highest BCUT2D eigenvalue weighted by Gasteiger charge is 2.07. The van der Waals surface area contributed by atoms with Gasteiger partial charge in [-0.25, -0.2) is 0 Å². The first kappa shape index (κ1) is 12.3. The summed E-state index contributed by atoms with van der Waals surface area (Å²) in [6.07, 6.45) is 3.63. The fourth-order valence-electron chi connectivity index (χ4n) is 1.58. The number of carbonyl (C=O) groups excluding carboxylic acids is 1. The maximum absolute atomic E-state index is 11.8. The average molecular weight is 225 g/mol. The average Bonchev–Trinajstić information content (AvgIpc) is 2.25. The second-order valence-electron chi connectivity index (χ2n) is 3.74. The molecule has 0 aliphatic rings. The Morgan fingerprint density at radius 2 is 1.93 bits per heavy atom. The zero-order valence-electron chi connectivity index (χ0n) is 9.13. The molecule has 1 aromatic rings. The second kappa shape index (κ2) is 6.62. The van der Waals surface area contributed by atoms with E-state index in [1.807, 2.05) is 31.2 Å². The van der Waals surface area contributed by atoms with Crippen LogP contribution in [-0.2, 0) is 0 Å². The van der Waals surface area contributed by atoms with Gasteiger partial charge >= 0.3 is 0 Å². The molecule has 0 saturated carbocycles. The summed E-state index contributed by atoms with van der Waals surface area (Å²) < 4.78 is 0. The predicted molar refractivity (Wildman–Crippen MR) is 64.7 cm³/mol. The van der Waals surface area contributed by atoms with Crippen LogP contribution in [0.5, 0.6) is 0 Å². The standard InChI is InChI=1S/C13H17ClO/c1-11-7-4-5-8-12(11)13(15)9-3-2-6-10-14/h4-5,7-8H,2-3,6,9-10H2,1H3. The Kier molecular flexibility index (Phi) is 5.41. The molecule has 0 radical (unpaired) electrons. The largest absolute Gasteiger partial charge is 0.294 e. The Hall–Kier alpha value is -0.820. The number of alkyl halides is 1. The zero-order valence-corrected chi connectivity index (χ0v) is 9.89. The summed E-state index contributed by atoms with van der Waals surface area (Å²) in [4.78, 5) is 11.8. The lowest BCUT2D eigenvalue weighted by molar-refractivity contribution is 0.0978. The van der Waals surface area contributed by atoms with Crippen molar-refractivity contribution in [1.82, 2.24) is 0 Å². The van der Waals surface area contributed by atoms with Crippen LogP contribution in [0, 0.1) is 6.92 Å². The van der Waals surface area contributed by atoms with Gasteiger partial charge in [0.2, 0.25) is 0 Å². The van der Waals surface area contributed by atoms with Gasteiger partial charge in [-0.1, -0.05) is 30.7 Å². The molecule has 0 aromatic heterocycles. The molecule has 0 heterocycles. The fraction of sp³-hybridized carbons (Fsp3) is 0.462. The molecule has 0 aliphatic carbocycles. The Bertz CT molecular complexity index is 320. The number of aryl methyl sites for hydroxylation is 1. The van der Waals surface area contributed by atoms with Crippen molar-refractivity contribution in [2.75, 3.05) is 5.88 Å². The van der Waals surface area contributed by atoms with Gasteiger partial charge in [0.15, 0.2) is 5.78 Å². The summed E-state index contributed by atoms with van der Waals surface area (Å²) in [5.41, 5.74) is 1.93. The molecule has 2 heteroatoms. The molecule has 0 unspecified atom stereocenters. The maximum atomic E-state index is 11.8. The summed E-state index contributed by atoms with van der Waals surface area (Å²) in [5.74, 6) is 0.945. The van der Waals surface area contributed by atoms with Crippen LogP contribution in [0.3, 0.4) is 0 Å². The van der Waals surface area contributed by atoms with Crippen molar-refractivity contribution in [2.24, 2.45) is 0 Å². The van der Waals surface area contributed by atoms with Gasteiger partial charge < -0.3 is 0 Å². The number of carbonyl (C=O) groups is 1. The Morgan fingerprint density at radius 3 is 2.60 bits per heavy atom. The minimum Gasteiger partial charge on any atom is -0.294 e. The zero-order chi connectivity index (χ0) is 11.1. The fourth-order valence-corrected chi connectivity index (χ4v) is 1.77. The minimum absolute atomic E-state index is 0.252. The van der Waals surface area contributed by atoms with Crippen LogP contribution in [0.4, 0.5) is 0 Å². The molecule has 1 nitrogen and oxygen atoms in total. The van der Waals surface area contributed by atoms with Gasteiger partial charge in [-0.2, -0.15) is 0 Å². The van der Waals surface area contributed by atoms with Crippen molar-refractivity contribution >= 4 is 17.4 Å². The molecule has 0 bridgehead atoms. The summed E-state index contributed by atoms with van der Waals surface area (Å²) in [6, 6.07) is 7.75.